The predicted molar refractivity (Wildman–Crippen MR) is 73.0 cm³/mol. The molecule has 1 amide bonds. The number of benzene rings is 1. The fourth-order valence-electron chi connectivity index (χ4n) is 2.09. The first-order chi connectivity index (χ1) is 8.51. The average Bonchev–Trinajstić information content (AvgIpc) is 2.35. The lowest BCUT2D eigenvalue weighted by atomic mass is 9.90. The molecule has 18 heavy (non-hydrogen) atoms. The number of hydrogen-bond donors (Lipinski definition) is 2. The zero-order valence-corrected chi connectivity index (χ0v) is 11.8. The van der Waals surface area contributed by atoms with Crippen molar-refractivity contribution < 1.29 is 9.18 Å². The van der Waals surface area contributed by atoms with E-state index in [0.29, 0.717) is 10.2 Å². The van der Waals surface area contributed by atoms with Gasteiger partial charge in [0.1, 0.15) is 5.82 Å². The number of carbonyl (C=O) groups is 1. The van der Waals surface area contributed by atoms with Crippen LogP contribution in [-0.2, 0) is 4.79 Å². The summed E-state index contributed by atoms with van der Waals surface area (Å²) in [7, 11) is 0. The van der Waals surface area contributed by atoms with E-state index >= 15 is 0 Å². The number of amides is 1. The minimum Gasteiger partial charge on any atom is -0.324 e. The van der Waals surface area contributed by atoms with E-state index in [2.05, 4.69) is 26.6 Å². The number of anilines is 1. The molecule has 1 saturated heterocycles. The van der Waals surface area contributed by atoms with E-state index in [4.69, 9.17) is 0 Å². The molecule has 1 aromatic rings. The summed E-state index contributed by atoms with van der Waals surface area (Å²) in [4.78, 5) is 12.2. The Labute approximate surface area is 114 Å². The van der Waals surface area contributed by atoms with Gasteiger partial charge >= 0.3 is 0 Å². The highest BCUT2D eigenvalue weighted by Crippen LogP contribution is 2.23. The molecule has 1 atom stereocenters. The van der Waals surface area contributed by atoms with Gasteiger partial charge in [0, 0.05) is 5.69 Å². The van der Waals surface area contributed by atoms with Gasteiger partial charge in [-0.25, -0.2) is 4.39 Å². The minimum absolute atomic E-state index is 0.0688. The lowest BCUT2D eigenvalue weighted by Gasteiger charge is -2.33. The molecule has 5 heteroatoms. The molecule has 1 heterocycles. The summed E-state index contributed by atoms with van der Waals surface area (Å²) in [5, 5.41) is 6.07. The maximum absolute atomic E-state index is 13.1. The van der Waals surface area contributed by atoms with Crippen molar-refractivity contribution in [3.05, 3.63) is 28.5 Å². The van der Waals surface area contributed by atoms with Gasteiger partial charge in [0.25, 0.3) is 0 Å². The van der Waals surface area contributed by atoms with Crippen molar-refractivity contribution in [1.82, 2.24) is 5.32 Å². The number of halogens is 2. The summed E-state index contributed by atoms with van der Waals surface area (Å²) < 4.78 is 13.4. The topological polar surface area (TPSA) is 41.1 Å². The maximum Gasteiger partial charge on any atom is 0.244 e. The molecule has 1 aliphatic rings. The van der Waals surface area contributed by atoms with Gasteiger partial charge in [-0.15, -0.1) is 0 Å². The maximum atomic E-state index is 13.1. The fraction of sp³-hybridized carbons (Fsp3) is 0.462. The second kappa shape index (κ2) is 5.36. The van der Waals surface area contributed by atoms with Crippen LogP contribution in [0.15, 0.2) is 22.7 Å². The van der Waals surface area contributed by atoms with Crippen LogP contribution in [0.5, 0.6) is 0 Å². The van der Waals surface area contributed by atoms with Crippen LogP contribution in [0.25, 0.3) is 0 Å². The summed E-state index contributed by atoms with van der Waals surface area (Å²) in [6.45, 7) is 2.76. The van der Waals surface area contributed by atoms with Gasteiger partial charge in [-0.1, -0.05) is 0 Å². The largest absolute Gasteiger partial charge is 0.324 e. The van der Waals surface area contributed by atoms with Crippen molar-refractivity contribution in [1.29, 1.82) is 0 Å². The summed E-state index contributed by atoms with van der Waals surface area (Å²) >= 11 is 3.10. The van der Waals surface area contributed by atoms with E-state index in [1.54, 1.807) is 12.1 Å². The van der Waals surface area contributed by atoms with Crippen molar-refractivity contribution in [2.75, 3.05) is 11.9 Å². The highest BCUT2D eigenvalue weighted by Gasteiger charge is 2.34. The highest BCUT2D eigenvalue weighted by molar-refractivity contribution is 9.10. The molecule has 0 bridgehead atoms. The van der Waals surface area contributed by atoms with Crippen molar-refractivity contribution in [2.24, 2.45) is 0 Å². The Morgan fingerprint density at radius 1 is 1.50 bits per heavy atom. The normalized spacial score (nSPS) is 23.7. The van der Waals surface area contributed by atoms with Crippen LogP contribution in [0.3, 0.4) is 0 Å². The molecular weight excluding hydrogens is 299 g/mol. The second-order valence-corrected chi connectivity index (χ2v) is 5.65. The van der Waals surface area contributed by atoms with Crippen LogP contribution >= 0.6 is 15.9 Å². The Bertz CT molecular complexity index is 458. The van der Waals surface area contributed by atoms with Gasteiger partial charge in [0.05, 0.1) is 10.0 Å². The number of carbonyl (C=O) groups excluding carboxylic acids is 1. The SMILES string of the molecule is CC1(C(=O)Nc2ccc(F)c(Br)c2)CCCCN1. The zero-order valence-electron chi connectivity index (χ0n) is 10.2. The molecule has 1 aliphatic heterocycles. The summed E-state index contributed by atoms with van der Waals surface area (Å²) in [6.07, 6.45) is 2.97. The van der Waals surface area contributed by atoms with Gasteiger partial charge in [0.2, 0.25) is 5.91 Å². The third-order valence-electron chi connectivity index (χ3n) is 3.30. The second-order valence-electron chi connectivity index (χ2n) is 4.80. The van der Waals surface area contributed by atoms with E-state index in [9.17, 15) is 9.18 Å². The third-order valence-corrected chi connectivity index (χ3v) is 3.91. The third kappa shape index (κ3) is 2.90. The molecular formula is C13H16BrFN2O. The first-order valence-corrected chi connectivity index (χ1v) is 6.82. The van der Waals surface area contributed by atoms with Gasteiger partial charge < -0.3 is 10.6 Å². The average molecular weight is 315 g/mol. The quantitative estimate of drug-likeness (QED) is 0.881. The van der Waals surface area contributed by atoms with Crippen LogP contribution in [0.2, 0.25) is 0 Å². The molecule has 1 unspecified atom stereocenters. The highest BCUT2D eigenvalue weighted by atomic mass is 79.9. The molecule has 1 fully saturated rings. The van der Waals surface area contributed by atoms with Gasteiger partial charge in [-0.05, 0) is 66.9 Å². The van der Waals surface area contributed by atoms with Crippen LogP contribution < -0.4 is 10.6 Å². The molecule has 0 aromatic heterocycles. The van der Waals surface area contributed by atoms with E-state index < -0.39 is 5.54 Å². The first kappa shape index (κ1) is 13.5. The fourth-order valence-corrected chi connectivity index (χ4v) is 2.47. The molecule has 1 aromatic carbocycles. The van der Waals surface area contributed by atoms with E-state index in [0.717, 1.165) is 25.8 Å². The molecule has 3 nitrogen and oxygen atoms in total. The van der Waals surface area contributed by atoms with Crippen molar-refractivity contribution in [3.8, 4) is 0 Å². The molecule has 0 aliphatic carbocycles. The number of hydrogen-bond acceptors (Lipinski definition) is 2. The molecule has 2 rings (SSSR count). The lowest BCUT2D eigenvalue weighted by molar-refractivity contribution is -0.122. The van der Waals surface area contributed by atoms with E-state index in [-0.39, 0.29) is 11.7 Å². The number of nitrogens with one attached hydrogen (secondary N) is 2. The summed E-state index contributed by atoms with van der Waals surface area (Å²) in [5.74, 6) is -0.407. The zero-order chi connectivity index (χ0) is 13.2. The van der Waals surface area contributed by atoms with Gasteiger partial charge in [-0.2, -0.15) is 0 Å². The van der Waals surface area contributed by atoms with Crippen molar-refractivity contribution in [3.63, 3.8) is 0 Å². The smallest absolute Gasteiger partial charge is 0.244 e. The van der Waals surface area contributed by atoms with Crippen LogP contribution in [-0.4, -0.2) is 18.0 Å². The van der Waals surface area contributed by atoms with Crippen molar-refractivity contribution >= 4 is 27.5 Å². The number of piperidine rings is 1. The number of rotatable bonds is 2. The van der Waals surface area contributed by atoms with E-state index in [1.165, 1.54) is 6.07 Å². The molecule has 98 valence electrons. The Morgan fingerprint density at radius 2 is 2.28 bits per heavy atom. The van der Waals surface area contributed by atoms with Crippen LogP contribution in [0, 0.1) is 5.82 Å². The Morgan fingerprint density at radius 3 is 2.89 bits per heavy atom. The molecule has 0 radical (unpaired) electrons. The van der Waals surface area contributed by atoms with Crippen LogP contribution in [0.4, 0.5) is 10.1 Å². The van der Waals surface area contributed by atoms with E-state index in [1.807, 2.05) is 6.92 Å². The standard InChI is InChI=1S/C13H16BrFN2O/c1-13(6-2-3-7-16-13)12(18)17-9-4-5-11(15)10(14)8-9/h4-5,8,16H,2-3,6-7H2,1H3,(H,17,18). The summed E-state index contributed by atoms with van der Waals surface area (Å²) in [5.41, 5.74) is 0.0703. The molecule has 0 saturated carbocycles. The Hall–Kier alpha value is -0.940. The van der Waals surface area contributed by atoms with Gasteiger partial charge in [0.15, 0.2) is 0 Å². The minimum atomic E-state index is -0.529. The van der Waals surface area contributed by atoms with Crippen molar-refractivity contribution in [2.45, 2.75) is 31.7 Å². The molecule has 0 spiro atoms. The Kier molecular flexibility index (Phi) is 4.02. The molecule has 2 N–H and O–H groups in total. The van der Waals surface area contributed by atoms with Gasteiger partial charge in [-0.3, -0.25) is 4.79 Å². The lowest BCUT2D eigenvalue weighted by Crippen LogP contribution is -2.54. The first-order valence-electron chi connectivity index (χ1n) is 6.03. The predicted octanol–water partition coefficient (Wildman–Crippen LogP) is 3.06. The summed E-state index contributed by atoms with van der Waals surface area (Å²) in [6, 6.07) is 4.46. The monoisotopic (exact) mass is 314 g/mol. The van der Waals surface area contributed by atoms with Crippen LogP contribution in [0.1, 0.15) is 26.2 Å². The Balaban J connectivity index is 2.08.